The summed E-state index contributed by atoms with van der Waals surface area (Å²) in [4.78, 5) is 0. The van der Waals surface area contributed by atoms with Gasteiger partial charge in [-0.05, 0) is 19.9 Å². The van der Waals surface area contributed by atoms with E-state index in [0.29, 0.717) is 0 Å². The van der Waals surface area contributed by atoms with Crippen LogP contribution in [0.3, 0.4) is 0 Å². The Morgan fingerprint density at radius 3 is 1.71 bits per heavy atom. The molecular weight excluding hydrogens is 168 g/mol. The van der Waals surface area contributed by atoms with Crippen LogP contribution in [0.5, 0.6) is 0 Å². The lowest BCUT2D eigenvalue weighted by Crippen LogP contribution is -1.63. The molecule has 2 aromatic rings. The number of hydrogen-bond acceptors (Lipinski definition) is 0. The Balaban J connectivity index is 0.000000140. The van der Waals surface area contributed by atoms with Gasteiger partial charge in [-0.2, -0.15) is 0 Å². The summed E-state index contributed by atoms with van der Waals surface area (Å²) in [5, 5.41) is 0. The quantitative estimate of drug-likeness (QED) is 0.583. The van der Waals surface area contributed by atoms with Crippen molar-refractivity contribution in [3.8, 4) is 0 Å². The SMILES string of the molecule is Cc1c[c]ccc1.Cc1ccccc1. The van der Waals surface area contributed by atoms with Gasteiger partial charge in [0.15, 0.2) is 0 Å². The van der Waals surface area contributed by atoms with Crippen LogP contribution in [-0.4, -0.2) is 0 Å². The number of aryl methyl sites for hydroxylation is 2. The molecule has 0 heterocycles. The molecule has 14 heavy (non-hydrogen) atoms. The molecule has 0 aromatic heterocycles. The highest BCUT2D eigenvalue weighted by Crippen LogP contribution is 1.92. The number of rotatable bonds is 0. The molecule has 0 heteroatoms. The maximum atomic E-state index is 2.96. The Labute approximate surface area is 86.2 Å². The maximum Gasteiger partial charge on any atom is -0.0181 e. The lowest BCUT2D eigenvalue weighted by atomic mass is 10.2. The largest absolute Gasteiger partial charge is 0.0622 e. The van der Waals surface area contributed by atoms with Gasteiger partial charge >= 0.3 is 0 Å². The van der Waals surface area contributed by atoms with E-state index >= 15 is 0 Å². The standard InChI is InChI=1S/C7H8.C7H7/c2*1-7-5-3-2-4-6-7/h2-6H,1H3;2-3,5-6H,1H3. The van der Waals surface area contributed by atoms with Crippen molar-refractivity contribution in [2.24, 2.45) is 0 Å². The van der Waals surface area contributed by atoms with Crippen molar-refractivity contribution in [1.82, 2.24) is 0 Å². The predicted molar refractivity (Wildman–Crippen MR) is 61.2 cm³/mol. The molecule has 0 N–H and O–H groups in total. The Morgan fingerprint density at radius 1 is 0.786 bits per heavy atom. The third-order valence-corrected chi connectivity index (χ3v) is 1.80. The molecule has 0 aliphatic carbocycles. The number of benzene rings is 2. The average molecular weight is 183 g/mol. The van der Waals surface area contributed by atoms with Crippen molar-refractivity contribution < 1.29 is 0 Å². The van der Waals surface area contributed by atoms with E-state index in [1.165, 1.54) is 11.1 Å². The normalized spacial score (nSPS) is 8.71. The highest BCUT2D eigenvalue weighted by molar-refractivity contribution is 5.11. The lowest BCUT2D eigenvalue weighted by molar-refractivity contribution is 1.47. The van der Waals surface area contributed by atoms with Crippen LogP contribution < -0.4 is 0 Å². The molecule has 0 unspecified atom stereocenters. The minimum Gasteiger partial charge on any atom is -0.0622 e. The summed E-state index contributed by atoms with van der Waals surface area (Å²) in [5.41, 5.74) is 2.59. The Kier molecular flexibility index (Phi) is 4.49. The minimum atomic E-state index is 1.27. The topological polar surface area (TPSA) is 0 Å². The van der Waals surface area contributed by atoms with E-state index in [2.05, 4.69) is 38.1 Å². The van der Waals surface area contributed by atoms with Crippen molar-refractivity contribution in [2.75, 3.05) is 0 Å². The van der Waals surface area contributed by atoms with Crippen LogP contribution in [0.2, 0.25) is 0 Å². The second kappa shape index (κ2) is 5.98. The second-order valence-electron chi connectivity index (χ2n) is 3.24. The van der Waals surface area contributed by atoms with Gasteiger partial charge in [-0.1, -0.05) is 65.7 Å². The molecule has 0 spiro atoms. The molecule has 0 aliphatic rings. The van der Waals surface area contributed by atoms with Gasteiger partial charge in [0.1, 0.15) is 0 Å². The molecule has 0 fully saturated rings. The van der Waals surface area contributed by atoms with E-state index in [1.54, 1.807) is 0 Å². The average Bonchev–Trinajstić information content (AvgIpc) is 2.21. The number of hydrogen-bond donors (Lipinski definition) is 0. The molecule has 0 nitrogen and oxygen atoms in total. The minimum absolute atomic E-state index is 1.27. The molecule has 2 aromatic carbocycles. The van der Waals surface area contributed by atoms with Crippen molar-refractivity contribution in [3.63, 3.8) is 0 Å². The first-order chi connectivity index (χ1) is 6.79. The van der Waals surface area contributed by atoms with Crippen LogP contribution in [0.4, 0.5) is 0 Å². The van der Waals surface area contributed by atoms with E-state index in [1.807, 2.05) is 36.4 Å². The van der Waals surface area contributed by atoms with Crippen LogP contribution in [-0.2, 0) is 0 Å². The summed E-state index contributed by atoms with van der Waals surface area (Å²) in [6.45, 7) is 4.14. The summed E-state index contributed by atoms with van der Waals surface area (Å²) in [7, 11) is 0. The molecule has 0 saturated heterocycles. The van der Waals surface area contributed by atoms with Gasteiger partial charge in [0.2, 0.25) is 0 Å². The highest BCUT2D eigenvalue weighted by Gasteiger charge is 1.73. The monoisotopic (exact) mass is 183 g/mol. The molecule has 0 saturated carbocycles. The maximum absolute atomic E-state index is 2.96. The Bertz CT molecular complexity index is 297. The highest BCUT2D eigenvalue weighted by atomic mass is 13.8. The fourth-order valence-corrected chi connectivity index (χ4v) is 1.02. The van der Waals surface area contributed by atoms with Crippen LogP contribution in [0.25, 0.3) is 0 Å². The lowest BCUT2D eigenvalue weighted by Gasteiger charge is -1.82. The van der Waals surface area contributed by atoms with Gasteiger partial charge in [-0.15, -0.1) is 0 Å². The molecule has 0 aliphatic heterocycles. The van der Waals surface area contributed by atoms with Crippen molar-refractivity contribution in [3.05, 3.63) is 71.8 Å². The van der Waals surface area contributed by atoms with Gasteiger partial charge in [0.25, 0.3) is 0 Å². The van der Waals surface area contributed by atoms with Crippen LogP contribution in [0.15, 0.2) is 54.6 Å². The first kappa shape index (κ1) is 10.5. The van der Waals surface area contributed by atoms with Gasteiger partial charge in [-0.3, -0.25) is 0 Å². The molecular formula is C14H15. The Hall–Kier alpha value is -1.56. The Morgan fingerprint density at radius 2 is 1.43 bits per heavy atom. The zero-order chi connectivity index (χ0) is 10.2. The molecule has 71 valence electrons. The summed E-state index contributed by atoms with van der Waals surface area (Å²) in [6.07, 6.45) is 0. The molecule has 1 radical (unpaired) electrons. The van der Waals surface area contributed by atoms with E-state index in [9.17, 15) is 0 Å². The third-order valence-electron chi connectivity index (χ3n) is 1.80. The second-order valence-corrected chi connectivity index (χ2v) is 3.24. The zero-order valence-corrected chi connectivity index (χ0v) is 8.70. The predicted octanol–water partition coefficient (Wildman–Crippen LogP) is 3.79. The summed E-state index contributed by atoms with van der Waals surface area (Å²) in [6, 6.07) is 21.1. The molecule has 0 amide bonds. The summed E-state index contributed by atoms with van der Waals surface area (Å²) < 4.78 is 0. The van der Waals surface area contributed by atoms with Gasteiger partial charge in [-0.25, -0.2) is 0 Å². The molecule has 0 atom stereocenters. The fraction of sp³-hybridized carbons (Fsp3) is 0.143. The summed E-state index contributed by atoms with van der Waals surface area (Å²) >= 11 is 0. The molecule has 2 rings (SSSR count). The zero-order valence-electron chi connectivity index (χ0n) is 8.70. The smallest absolute Gasteiger partial charge is 0.0181 e. The summed E-state index contributed by atoms with van der Waals surface area (Å²) in [5.74, 6) is 0. The first-order valence-corrected chi connectivity index (χ1v) is 4.73. The van der Waals surface area contributed by atoms with Crippen LogP contribution in [0, 0.1) is 19.9 Å². The van der Waals surface area contributed by atoms with Crippen LogP contribution >= 0.6 is 0 Å². The van der Waals surface area contributed by atoms with Gasteiger partial charge < -0.3 is 0 Å². The van der Waals surface area contributed by atoms with E-state index in [4.69, 9.17) is 0 Å². The van der Waals surface area contributed by atoms with E-state index in [0.717, 1.165) is 0 Å². The van der Waals surface area contributed by atoms with Gasteiger partial charge in [0, 0.05) is 0 Å². The molecule has 0 bridgehead atoms. The first-order valence-electron chi connectivity index (χ1n) is 4.73. The van der Waals surface area contributed by atoms with Crippen molar-refractivity contribution in [1.29, 1.82) is 0 Å². The van der Waals surface area contributed by atoms with Crippen molar-refractivity contribution in [2.45, 2.75) is 13.8 Å². The van der Waals surface area contributed by atoms with Crippen LogP contribution in [0.1, 0.15) is 11.1 Å². The third kappa shape index (κ3) is 4.46. The van der Waals surface area contributed by atoms with E-state index in [-0.39, 0.29) is 0 Å². The van der Waals surface area contributed by atoms with Gasteiger partial charge in [0.05, 0.1) is 0 Å². The van der Waals surface area contributed by atoms with Crippen molar-refractivity contribution >= 4 is 0 Å². The fourth-order valence-electron chi connectivity index (χ4n) is 1.02. The van der Waals surface area contributed by atoms with E-state index < -0.39 is 0 Å².